The van der Waals surface area contributed by atoms with Crippen LogP contribution in [0.5, 0.6) is 0 Å². The van der Waals surface area contributed by atoms with Gasteiger partial charge in [0.15, 0.2) is 11.9 Å². The number of halogens is 1. The van der Waals surface area contributed by atoms with Crippen molar-refractivity contribution in [3.63, 3.8) is 0 Å². The maximum Gasteiger partial charge on any atom is 0.304 e. The fraction of sp³-hybridized carbons (Fsp3) is 0.0833. The molecule has 2 rings (SSSR count). The number of benzene rings is 1. The van der Waals surface area contributed by atoms with E-state index in [4.69, 9.17) is 0 Å². The van der Waals surface area contributed by atoms with Crippen LogP contribution in [0.25, 0.3) is 0 Å². The molecule has 0 fully saturated rings. The number of pyridine rings is 1. The molecule has 1 N–H and O–H groups in total. The minimum atomic E-state index is -0.576. The number of nitrogens with one attached hydrogen (secondary N) is 1. The highest BCUT2D eigenvalue weighted by atomic mass is 19.1. The molecule has 2 aromatic rings. The number of aromatic nitrogens is 1. The van der Waals surface area contributed by atoms with Gasteiger partial charge in [0.25, 0.3) is 0 Å². The molecule has 1 aromatic heterocycles. The first-order valence-corrected chi connectivity index (χ1v) is 5.42. The third-order valence-electron chi connectivity index (χ3n) is 2.50. The first kappa shape index (κ1) is 12.7. The smallest absolute Gasteiger partial charge is 0.304 e. The molecule has 0 unspecified atom stereocenters. The fourth-order valence-corrected chi connectivity index (χ4v) is 1.57. The van der Waals surface area contributed by atoms with E-state index < -0.39 is 4.92 Å². The molecule has 0 amide bonds. The van der Waals surface area contributed by atoms with E-state index in [0.717, 1.165) is 24.0 Å². The first-order valence-electron chi connectivity index (χ1n) is 5.42. The van der Waals surface area contributed by atoms with Crippen molar-refractivity contribution in [3.8, 4) is 0 Å². The minimum Gasteiger partial charge on any atom is -0.619 e. The summed E-state index contributed by atoms with van der Waals surface area (Å²) >= 11 is 0. The number of nitro groups is 1. The molecule has 0 aliphatic rings. The van der Waals surface area contributed by atoms with E-state index in [1.54, 1.807) is 12.1 Å². The second kappa shape index (κ2) is 5.30. The van der Waals surface area contributed by atoms with Crippen LogP contribution in [-0.4, -0.2) is 4.92 Å². The molecule has 0 spiro atoms. The standard InChI is InChI=1S/C12H10FN3O3/c13-10-3-1-9(2-4-10)7-14-11-8-15(17)6-5-12(11)16(18)19/h1-6,8,14H,7H2. The molecule has 98 valence electrons. The van der Waals surface area contributed by atoms with E-state index in [9.17, 15) is 19.7 Å². The third-order valence-corrected chi connectivity index (χ3v) is 2.50. The van der Waals surface area contributed by atoms with Crippen LogP contribution in [0.3, 0.4) is 0 Å². The Bertz CT molecular complexity index is 602. The highest BCUT2D eigenvalue weighted by Gasteiger charge is 2.16. The number of rotatable bonds is 4. The summed E-state index contributed by atoms with van der Waals surface area (Å²) in [5, 5.41) is 24.7. The molecule has 0 radical (unpaired) electrons. The molecule has 0 saturated carbocycles. The van der Waals surface area contributed by atoms with E-state index in [-0.39, 0.29) is 23.7 Å². The highest BCUT2D eigenvalue weighted by Crippen LogP contribution is 2.21. The molecule has 0 saturated heterocycles. The summed E-state index contributed by atoms with van der Waals surface area (Å²) in [6, 6.07) is 6.83. The second-order valence-electron chi connectivity index (χ2n) is 3.84. The zero-order valence-corrected chi connectivity index (χ0v) is 9.75. The predicted octanol–water partition coefficient (Wildman–Crippen LogP) is 1.98. The molecule has 1 heterocycles. The van der Waals surface area contributed by atoms with Crippen LogP contribution in [0, 0.1) is 21.1 Å². The van der Waals surface area contributed by atoms with Crippen molar-refractivity contribution >= 4 is 11.4 Å². The van der Waals surface area contributed by atoms with Crippen molar-refractivity contribution in [1.29, 1.82) is 0 Å². The molecular weight excluding hydrogens is 253 g/mol. The van der Waals surface area contributed by atoms with Crippen molar-refractivity contribution in [3.05, 3.63) is 69.4 Å². The van der Waals surface area contributed by atoms with E-state index in [1.807, 2.05) is 0 Å². The Kier molecular flexibility index (Phi) is 3.56. The van der Waals surface area contributed by atoms with Crippen molar-refractivity contribution in [2.75, 3.05) is 5.32 Å². The Labute approximate surface area is 107 Å². The average molecular weight is 263 g/mol. The van der Waals surface area contributed by atoms with Crippen LogP contribution >= 0.6 is 0 Å². The SMILES string of the molecule is O=[N+]([O-])c1cc[n+]([O-])cc1NCc1ccc(F)cc1. The zero-order chi connectivity index (χ0) is 13.8. The van der Waals surface area contributed by atoms with Crippen LogP contribution in [0.4, 0.5) is 15.8 Å². The van der Waals surface area contributed by atoms with Gasteiger partial charge in [0.2, 0.25) is 6.20 Å². The van der Waals surface area contributed by atoms with Gasteiger partial charge in [0, 0.05) is 6.54 Å². The van der Waals surface area contributed by atoms with Crippen LogP contribution < -0.4 is 10.0 Å². The summed E-state index contributed by atoms with van der Waals surface area (Å²) < 4.78 is 13.2. The van der Waals surface area contributed by atoms with Crippen molar-refractivity contribution in [1.82, 2.24) is 0 Å². The molecule has 1 aromatic carbocycles. The lowest BCUT2D eigenvalue weighted by Crippen LogP contribution is -2.25. The van der Waals surface area contributed by atoms with Crippen LogP contribution in [0.15, 0.2) is 42.7 Å². The maximum absolute atomic E-state index is 12.7. The fourth-order valence-electron chi connectivity index (χ4n) is 1.57. The van der Waals surface area contributed by atoms with Gasteiger partial charge in [0.1, 0.15) is 5.82 Å². The molecule has 7 heteroatoms. The summed E-state index contributed by atoms with van der Waals surface area (Å²) in [5.41, 5.74) is 0.679. The number of nitrogens with zero attached hydrogens (tertiary/aromatic N) is 2. The Morgan fingerprint density at radius 3 is 2.58 bits per heavy atom. The van der Waals surface area contributed by atoms with Crippen LogP contribution in [0.2, 0.25) is 0 Å². The van der Waals surface area contributed by atoms with Gasteiger partial charge in [-0.25, -0.2) is 4.39 Å². The van der Waals surface area contributed by atoms with Crippen molar-refractivity contribution in [2.24, 2.45) is 0 Å². The van der Waals surface area contributed by atoms with E-state index >= 15 is 0 Å². The molecule has 6 nitrogen and oxygen atoms in total. The van der Waals surface area contributed by atoms with Gasteiger partial charge in [-0.05, 0) is 17.7 Å². The summed E-state index contributed by atoms with van der Waals surface area (Å²) in [6.07, 6.45) is 2.14. The average Bonchev–Trinajstić information content (AvgIpc) is 2.38. The van der Waals surface area contributed by atoms with Gasteiger partial charge < -0.3 is 10.5 Å². The van der Waals surface area contributed by atoms with Crippen molar-refractivity contribution in [2.45, 2.75) is 6.54 Å². The molecule has 0 atom stereocenters. The van der Waals surface area contributed by atoms with Gasteiger partial charge in [0.05, 0.1) is 11.0 Å². The maximum atomic E-state index is 12.7. The Balaban J connectivity index is 2.16. The lowest BCUT2D eigenvalue weighted by molar-refractivity contribution is -0.605. The van der Waals surface area contributed by atoms with Gasteiger partial charge in [-0.1, -0.05) is 12.1 Å². The molecule has 19 heavy (non-hydrogen) atoms. The van der Waals surface area contributed by atoms with E-state index in [0.29, 0.717) is 4.73 Å². The summed E-state index contributed by atoms with van der Waals surface area (Å²) in [4.78, 5) is 10.2. The highest BCUT2D eigenvalue weighted by molar-refractivity contribution is 5.58. The molecule has 0 bridgehead atoms. The Morgan fingerprint density at radius 2 is 1.95 bits per heavy atom. The largest absolute Gasteiger partial charge is 0.619 e. The number of hydrogen-bond donors (Lipinski definition) is 1. The van der Waals surface area contributed by atoms with Gasteiger partial charge in [-0.3, -0.25) is 10.1 Å². The van der Waals surface area contributed by atoms with Crippen molar-refractivity contribution < 1.29 is 14.0 Å². The third kappa shape index (κ3) is 3.15. The van der Waals surface area contributed by atoms with Gasteiger partial charge in [-0.2, -0.15) is 4.73 Å². The van der Waals surface area contributed by atoms with Crippen LogP contribution in [0.1, 0.15) is 5.56 Å². The van der Waals surface area contributed by atoms with Gasteiger partial charge in [-0.15, -0.1) is 0 Å². The monoisotopic (exact) mass is 263 g/mol. The lowest BCUT2D eigenvalue weighted by atomic mass is 10.2. The quantitative estimate of drug-likeness (QED) is 0.396. The second-order valence-corrected chi connectivity index (χ2v) is 3.84. The normalized spacial score (nSPS) is 10.2. The number of hydrogen-bond acceptors (Lipinski definition) is 4. The van der Waals surface area contributed by atoms with E-state index in [1.165, 1.54) is 12.1 Å². The topological polar surface area (TPSA) is 82.1 Å². The Morgan fingerprint density at radius 1 is 1.26 bits per heavy atom. The molecule has 0 aliphatic carbocycles. The summed E-state index contributed by atoms with van der Waals surface area (Å²) in [7, 11) is 0. The first-order chi connectivity index (χ1) is 9.06. The zero-order valence-electron chi connectivity index (χ0n) is 9.75. The summed E-state index contributed by atoms with van der Waals surface area (Å²) in [6.45, 7) is 0.255. The predicted molar refractivity (Wildman–Crippen MR) is 65.8 cm³/mol. The van der Waals surface area contributed by atoms with Gasteiger partial charge >= 0.3 is 5.69 Å². The van der Waals surface area contributed by atoms with E-state index in [2.05, 4.69) is 5.32 Å². The molecular formula is C12H10FN3O3. The Hall–Kier alpha value is -2.70. The lowest BCUT2D eigenvalue weighted by Gasteiger charge is -2.06. The minimum absolute atomic E-state index is 0.117. The number of anilines is 1. The van der Waals surface area contributed by atoms with Crippen LogP contribution in [-0.2, 0) is 6.54 Å². The summed E-state index contributed by atoms with van der Waals surface area (Å²) in [5.74, 6) is -0.355. The molecule has 0 aliphatic heterocycles.